The molecule has 2 unspecified atom stereocenters. The lowest BCUT2D eigenvalue weighted by atomic mass is 10.1. The van der Waals surface area contributed by atoms with Crippen LogP contribution in [0.4, 0.5) is 5.69 Å². The molecule has 1 heterocycles. The number of hydrogen-bond acceptors (Lipinski definition) is 4. The van der Waals surface area contributed by atoms with E-state index >= 15 is 0 Å². The molecule has 4 aromatic rings. The van der Waals surface area contributed by atoms with Crippen molar-refractivity contribution in [2.24, 2.45) is 0 Å². The summed E-state index contributed by atoms with van der Waals surface area (Å²) in [5, 5.41) is 5.02. The first-order valence-electron chi connectivity index (χ1n) is 10.4. The smallest absolute Gasteiger partial charge is 0.338 e. The number of nitrogens with zero attached hydrogens (tertiary/aromatic N) is 1. The van der Waals surface area contributed by atoms with Gasteiger partial charge in [0, 0.05) is 56.0 Å². The van der Waals surface area contributed by atoms with E-state index in [1.54, 1.807) is 30.5 Å². The Labute approximate surface area is 188 Å². The number of carbonyl (C=O) groups excluding carboxylic acids is 2. The van der Waals surface area contributed by atoms with Gasteiger partial charge in [0.25, 0.3) is 5.91 Å². The van der Waals surface area contributed by atoms with E-state index in [0.717, 1.165) is 28.4 Å². The Morgan fingerprint density at radius 1 is 1.00 bits per heavy atom. The van der Waals surface area contributed by atoms with Crippen LogP contribution in [0.15, 0.2) is 71.6 Å². The Morgan fingerprint density at radius 3 is 2.38 bits per heavy atom. The van der Waals surface area contributed by atoms with E-state index in [1.165, 1.54) is 6.92 Å². The lowest BCUT2D eigenvalue weighted by Crippen LogP contribution is -2.30. The first-order chi connectivity index (χ1) is 15.4. The molecule has 4 rings (SSSR count). The van der Waals surface area contributed by atoms with Crippen LogP contribution >= 0.6 is 0 Å². The van der Waals surface area contributed by atoms with Gasteiger partial charge in [-0.25, -0.2) is 4.79 Å². The highest BCUT2D eigenvalue weighted by Crippen LogP contribution is 2.31. The van der Waals surface area contributed by atoms with Crippen molar-refractivity contribution in [2.45, 2.75) is 31.4 Å². The molecule has 1 aromatic heterocycles. The second kappa shape index (κ2) is 8.96. The second-order valence-electron chi connectivity index (χ2n) is 7.51. The van der Waals surface area contributed by atoms with E-state index in [1.807, 2.05) is 30.3 Å². The minimum absolute atomic E-state index is 0.299. The van der Waals surface area contributed by atoms with Gasteiger partial charge in [-0.1, -0.05) is 18.2 Å². The number of amides is 1. The summed E-state index contributed by atoms with van der Waals surface area (Å²) in [6, 6.07) is 20.3. The zero-order valence-corrected chi connectivity index (χ0v) is 18.9. The zero-order valence-electron chi connectivity index (χ0n) is 18.1. The average Bonchev–Trinajstić information content (AvgIpc) is 3.12. The molecule has 2 atom stereocenters. The fraction of sp³-hybridized carbons (Fsp3) is 0.200. The predicted molar refractivity (Wildman–Crippen MR) is 127 cm³/mol. The van der Waals surface area contributed by atoms with Crippen LogP contribution in [0.2, 0.25) is 0 Å². The van der Waals surface area contributed by atoms with Crippen molar-refractivity contribution in [3.05, 3.63) is 72.3 Å². The molecular formula is C25H24N2O4S. The average molecular weight is 449 g/mol. The number of esters is 1. The normalized spacial score (nSPS) is 13.1. The summed E-state index contributed by atoms with van der Waals surface area (Å²) < 4.78 is 19.0. The number of nitrogens with one attached hydrogen (secondary N) is 1. The lowest BCUT2D eigenvalue weighted by Gasteiger charge is -2.14. The third kappa shape index (κ3) is 4.16. The van der Waals surface area contributed by atoms with Gasteiger partial charge in [0.2, 0.25) is 0 Å². The van der Waals surface area contributed by atoms with E-state index in [4.69, 9.17) is 4.74 Å². The summed E-state index contributed by atoms with van der Waals surface area (Å²) in [6.07, 6.45) is 0.590. The summed E-state index contributed by atoms with van der Waals surface area (Å²) in [5.74, 6) is -1.02. The third-order valence-electron chi connectivity index (χ3n) is 5.43. The van der Waals surface area contributed by atoms with Gasteiger partial charge in [-0.15, -0.1) is 0 Å². The van der Waals surface area contributed by atoms with Gasteiger partial charge in [-0.3, -0.25) is 9.00 Å². The molecule has 0 aliphatic rings. The van der Waals surface area contributed by atoms with Gasteiger partial charge < -0.3 is 14.6 Å². The minimum Gasteiger partial charge on any atom is -0.449 e. The quantitative estimate of drug-likeness (QED) is 0.433. The lowest BCUT2D eigenvalue weighted by molar-refractivity contribution is -0.123. The maximum absolute atomic E-state index is 12.6. The maximum Gasteiger partial charge on any atom is 0.338 e. The Morgan fingerprint density at radius 2 is 1.69 bits per heavy atom. The fourth-order valence-corrected chi connectivity index (χ4v) is 4.30. The number of aryl methyl sites for hydroxylation is 1. The molecule has 0 bridgehead atoms. The summed E-state index contributed by atoms with van der Waals surface area (Å²) in [7, 11) is -1.13. The van der Waals surface area contributed by atoms with Crippen LogP contribution in [0, 0.1) is 0 Å². The van der Waals surface area contributed by atoms with Crippen molar-refractivity contribution >= 4 is 50.2 Å². The summed E-state index contributed by atoms with van der Waals surface area (Å²) in [6.45, 7) is 4.48. The molecule has 32 heavy (non-hydrogen) atoms. The maximum atomic E-state index is 12.6. The number of fused-ring (bicyclic) bond motifs is 3. The van der Waals surface area contributed by atoms with E-state index in [2.05, 4.69) is 28.9 Å². The fourth-order valence-electron chi connectivity index (χ4n) is 3.78. The summed E-state index contributed by atoms with van der Waals surface area (Å²) in [5.41, 5.74) is 3.18. The predicted octanol–water partition coefficient (Wildman–Crippen LogP) is 4.74. The van der Waals surface area contributed by atoms with Crippen LogP contribution in [-0.2, 0) is 26.9 Å². The van der Waals surface area contributed by atoms with E-state index in [9.17, 15) is 13.8 Å². The molecule has 1 amide bonds. The number of para-hydroxylation sites is 1. The molecular weight excluding hydrogens is 424 g/mol. The molecule has 0 radical (unpaired) electrons. The highest BCUT2D eigenvalue weighted by atomic mass is 32.2. The summed E-state index contributed by atoms with van der Waals surface area (Å²) >= 11 is 0. The molecule has 164 valence electrons. The molecule has 7 heteroatoms. The van der Waals surface area contributed by atoms with Gasteiger partial charge in [-0.2, -0.15) is 0 Å². The van der Waals surface area contributed by atoms with Crippen LogP contribution in [0.5, 0.6) is 0 Å². The van der Waals surface area contributed by atoms with E-state index < -0.39 is 28.8 Å². The number of carbonyl (C=O) groups is 2. The van der Waals surface area contributed by atoms with Crippen molar-refractivity contribution < 1.29 is 18.5 Å². The molecule has 6 nitrogen and oxygen atoms in total. The standard InChI is InChI=1S/C25H24N2O4S/c1-4-27-22-8-6-5-7-20(22)21-15-18(11-14-23(21)27)26-24(28)16(2)31-25(29)17-9-12-19(13-10-17)32(3)30/h5-16H,4H2,1-3H3,(H,26,28). The van der Waals surface area contributed by atoms with Gasteiger partial charge in [0.05, 0.1) is 5.56 Å². The second-order valence-corrected chi connectivity index (χ2v) is 8.89. The zero-order chi connectivity index (χ0) is 22.8. The van der Waals surface area contributed by atoms with Crippen molar-refractivity contribution in [1.82, 2.24) is 4.57 Å². The number of rotatable bonds is 6. The van der Waals surface area contributed by atoms with Crippen LogP contribution in [-0.4, -0.2) is 33.0 Å². The third-order valence-corrected chi connectivity index (χ3v) is 6.37. The molecule has 0 saturated carbocycles. The topological polar surface area (TPSA) is 77.4 Å². The van der Waals surface area contributed by atoms with Crippen LogP contribution < -0.4 is 5.32 Å². The first-order valence-corrected chi connectivity index (χ1v) is 11.9. The number of benzene rings is 3. The summed E-state index contributed by atoms with van der Waals surface area (Å²) in [4.78, 5) is 25.6. The van der Waals surface area contributed by atoms with Gasteiger partial charge in [0.15, 0.2) is 6.10 Å². The molecule has 0 spiro atoms. The monoisotopic (exact) mass is 448 g/mol. The molecule has 1 N–H and O–H groups in total. The number of aromatic nitrogens is 1. The Bertz CT molecular complexity index is 1340. The molecule has 3 aromatic carbocycles. The van der Waals surface area contributed by atoms with Crippen LogP contribution in [0.25, 0.3) is 21.8 Å². The Hall–Kier alpha value is -3.45. The molecule has 0 saturated heterocycles. The van der Waals surface area contributed by atoms with Crippen LogP contribution in [0.1, 0.15) is 24.2 Å². The highest BCUT2D eigenvalue weighted by molar-refractivity contribution is 7.84. The molecule has 0 aliphatic carbocycles. The van der Waals surface area contributed by atoms with Gasteiger partial charge in [0.1, 0.15) is 0 Å². The number of anilines is 1. The highest BCUT2D eigenvalue weighted by Gasteiger charge is 2.20. The molecule has 0 aliphatic heterocycles. The number of hydrogen-bond donors (Lipinski definition) is 1. The van der Waals surface area contributed by atoms with Gasteiger partial charge in [-0.05, 0) is 62.4 Å². The Balaban J connectivity index is 1.50. The van der Waals surface area contributed by atoms with Crippen molar-refractivity contribution in [3.63, 3.8) is 0 Å². The van der Waals surface area contributed by atoms with E-state index in [0.29, 0.717) is 16.1 Å². The molecule has 0 fully saturated rings. The Kier molecular flexibility index (Phi) is 6.10. The van der Waals surface area contributed by atoms with Gasteiger partial charge >= 0.3 is 5.97 Å². The number of ether oxygens (including phenoxy) is 1. The largest absolute Gasteiger partial charge is 0.449 e. The van der Waals surface area contributed by atoms with Crippen molar-refractivity contribution in [1.29, 1.82) is 0 Å². The van der Waals surface area contributed by atoms with E-state index in [-0.39, 0.29) is 0 Å². The SMILES string of the molecule is CCn1c2ccccc2c2cc(NC(=O)C(C)OC(=O)c3ccc(S(C)=O)cc3)ccc21. The van der Waals surface area contributed by atoms with Crippen molar-refractivity contribution in [3.8, 4) is 0 Å². The minimum atomic E-state index is -1.13. The first kappa shape index (κ1) is 21.8. The van der Waals surface area contributed by atoms with Crippen LogP contribution in [0.3, 0.4) is 0 Å². The van der Waals surface area contributed by atoms with Crippen molar-refractivity contribution in [2.75, 3.05) is 11.6 Å².